The van der Waals surface area contributed by atoms with Crippen molar-refractivity contribution in [3.05, 3.63) is 0 Å². The molecule has 0 radical (unpaired) electrons. The van der Waals surface area contributed by atoms with Gasteiger partial charge in [0.15, 0.2) is 12.2 Å². The highest BCUT2D eigenvalue weighted by Gasteiger charge is 2.30. The zero-order valence-electron chi connectivity index (χ0n) is 68.5. The second-order valence-corrected chi connectivity index (χ2v) is 34.7. The van der Waals surface area contributed by atoms with Crippen LogP contribution in [0.3, 0.4) is 0 Å². The van der Waals surface area contributed by atoms with E-state index in [-0.39, 0.29) is 25.7 Å². The first-order chi connectivity index (χ1) is 50.3. The van der Waals surface area contributed by atoms with Crippen LogP contribution in [-0.2, 0) is 65.4 Å². The maximum atomic E-state index is 13.1. The Balaban J connectivity index is 5.26. The van der Waals surface area contributed by atoms with Gasteiger partial charge in [-0.1, -0.05) is 395 Å². The molecule has 104 heavy (non-hydrogen) atoms. The fourth-order valence-corrected chi connectivity index (χ4v) is 14.7. The molecule has 0 aliphatic rings. The molecule has 0 aliphatic heterocycles. The van der Waals surface area contributed by atoms with Crippen LogP contribution in [0.5, 0.6) is 0 Å². The molecular weight excluding hydrogens is 1350 g/mol. The molecule has 0 spiro atoms. The smallest absolute Gasteiger partial charge is 0.462 e. The van der Waals surface area contributed by atoms with Crippen LogP contribution >= 0.6 is 15.6 Å². The fourth-order valence-electron chi connectivity index (χ4n) is 13.2. The standard InChI is InChI=1S/C85H166O17P2/c1-8-10-11-12-13-14-15-16-17-18-19-20-21-22-27-33-38-47-54-61-68-84(89)101-80(72-95-82(87)66-59-52-45-37-32-26-24-23-25-30-35-42-49-56-63-76(3)4)74-99-103(91,92)97-70-79(86)71-98-104(93,94)100-75-81(73-96-83(88)67-60-53-46-41-40-44-51-58-65-78(7)9-2)102-85(90)69-62-55-48-39-34-29-28-31-36-43-50-57-64-77(5)6/h76-81,86H,8-75H2,1-7H3,(H,91,92)(H,93,94)/t78?,79-,80-,81-/m1/s1. The number of hydrogen-bond donors (Lipinski definition) is 3. The molecule has 3 unspecified atom stereocenters. The molecular formula is C85H166O17P2. The summed E-state index contributed by atoms with van der Waals surface area (Å²) >= 11 is 0. The first-order valence-electron chi connectivity index (χ1n) is 43.9. The van der Waals surface area contributed by atoms with Crippen LogP contribution in [0, 0.1) is 17.8 Å². The first-order valence-corrected chi connectivity index (χ1v) is 46.9. The quantitative estimate of drug-likeness (QED) is 0.0222. The molecule has 0 amide bonds. The highest BCUT2D eigenvalue weighted by Crippen LogP contribution is 2.45. The van der Waals surface area contributed by atoms with Crippen molar-refractivity contribution in [2.75, 3.05) is 39.6 Å². The lowest BCUT2D eigenvalue weighted by molar-refractivity contribution is -0.161. The number of aliphatic hydroxyl groups excluding tert-OH is 1. The molecule has 618 valence electrons. The van der Waals surface area contributed by atoms with Gasteiger partial charge in [-0.3, -0.25) is 37.3 Å². The molecule has 0 saturated heterocycles. The van der Waals surface area contributed by atoms with E-state index in [4.69, 9.17) is 37.0 Å². The van der Waals surface area contributed by atoms with Crippen molar-refractivity contribution < 1.29 is 80.2 Å². The Kier molecular flexibility index (Phi) is 73.7. The maximum Gasteiger partial charge on any atom is 0.472 e. The number of ether oxygens (including phenoxy) is 4. The van der Waals surface area contributed by atoms with Gasteiger partial charge in [0, 0.05) is 25.7 Å². The van der Waals surface area contributed by atoms with Crippen molar-refractivity contribution in [2.24, 2.45) is 17.8 Å². The molecule has 0 fully saturated rings. The summed E-state index contributed by atoms with van der Waals surface area (Å²) < 4.78 is 68.9. The van der Waals surface area contributed by atoms with E-state index in [2.05, 4.69) is 48.5 Å². The highest BCUT2D eigenvalue weighted by molar-refractivity contribution is 7.47. The lowest BCUT2D eigenvalue weighted by Crippen LogP contribution is -2.30. The van der Waals surface area contributed by atoms with E-state index in [1.807, 2.05) is 0 Å². The fraction of sp³-hybridized carbons (Fsp3) is 0.953. The summed E-state index contributed by atoms with van der Waals surface area (Å²) in [5, 5.41) is 10.7. The zero-order valence-corrected chi connectivity index (χ0v) is 70.3. The van der Waals surface area contributed by atoms with Crippen LogP contribution in [-0.4, -0.2) is 96.7 Å². The lowest BCUT2D eigenvalue weighted by atomic mass is 9.99. The molecule has 3 N–H and O–H groups in total. The van der Waals surface area contributed by atoms with Gasteiger partial charge in [0.2, 0.25) is 0 Å². The third kappa shape index (κ3) is 76.8. The summed E-state index contributed by atoms with van der Waals surface area (Å²) in [6.07, 6.45) is 65.2. The molecule has 19 heteroatoms. The molecule has 17 nitrogen and oxygen atoms in total. The second kappa shape index (κ2) is 75.1. The summed E-state index contributed by atoms with van der Waals surface area (Å²) in [7, 11) is -9.93. The monoisotopic (exact) mass is 1520 g/mol. The number of hydrogen-bond acceptors (Lipinski definition) is 15. The number of carbonyl (C=O) groups excluding carboxylic acids is 4. The van der Waals surface area contributed by atoms with E-state index in [0.717, 1.165) is 108 Å². The SMILES string of the molecule is CCCCCCCCCCCCCCCCCCCCCCC(=O)O[C@H](COC(=O)CCCCCCCCCCCCCCCCC(C)C)COP(=O)(O)OC[C@@H](O)COP(=O)(O)OC[C@@H](COC(=O)CCCCCCCCCCC(C)CC)OC(=O)CCCCCCCCCCCCCCC(C)C. The summed E-state index contributed by atoms with van der Waals surface area (Å²) in [4.78, 5) is 73.2. The van der Waals surface area contributed by atoms with E-state index in [0.29, 0.717) is 25.7 Å². The Hall–Kier alpha value is -1.94. The molecule has 0 heterocycles. The Morgan fingerprint density at radius 1 is 0.279 bits per heavy atom. The third-order valence-corrected chi connectivity index (χ3v) is 22.1. The molecule has 0 bridgehead atoms. The van der Waals surface area contributed by atoms with E-state index in [1.54, 1.807) is 0 Å². The second-order valence-electron chi connectivity index (χ2n) is 31.8. The van der Waals surface area contributed by atoms with Crippen molar-refractivity contribution >= 4 is 39.5 Å². The minimum Gasteiger partial charge on any atom is -0.462 e. The summed E-state index contributed by atoms with van der Waals surface area (Å²) in [5.74, 6) is 0.248. The van der Waals surface area contributed by atoms with Gasteiger partial charge in [0.25, 0.3) is 0 Å². The van der Waals surface area contributed by atoms with E-state index >= 15 is 0 Å². The van der Waals surface area contributed by atoms with Gasteiger partial charge < -0.3 is 33.8 Å². The maximum absolute atomic E-state index is 13.1. The van der Waals surface area contributed by atoms with Crippen LogP contribution in [0.2, 0.25) is 0 Å². The molecule has 0 aliphatic carbocycles. The molecule has 0 aromatic rings. The first kappa shape index (κ1) is 102. The number of phosphoric acid groups is 2. The predicted molar refractivity (Wildman–Crippen MR) is 428 cm³/mol. The Morgan fingerprint density at radius 2 is 0.490 bits per heavy atom. The molecule has 6 atom stereocenters. The normalized spacial score (nSPS) is 14.2. The summed E-state index contributed by atoms with van der Waals surface area (Å²) in [5.41, 5.74) is 0. The topological polar surface area (TPSA) is 237 Å². The van der Waals surface area contributed by atoms with E-state index in [1.165, 1.54) is 257 Å². The average Bonchev–Trinajstić information content (AvgIpc) is 0.919. The van der Waals surface area contributed by atoms with Gasteiger partial charge in [-0.25, -0.2) is 9.13 Å². The van der Waals surface area contributed by atoms with Gasteiger partial charge in [-0.05, 0) is 43.4 Å². The van der Waals surface area contributed by atoms with Crippen LogP contribution in [0.15, 0.2) is 0 Å². The number of esters is 4. The Morgan fingerprint density at radius 3 is 0.731 bits per heavy atom. The van der Waals surface area contributed by atoms with Crippen LogP contribution in [0.25, 0.3) is 0 Å². The summed E-state index contributed by atoms with van der Waals surface area (Å²) in [6.45, 7) is 12.0. The molecule has 0 aromatic heterocycles. The van der Waals surface area contributed by atoms with Crippen molar-refractivity contribution in [1.82, 2.24) is 0 Å². The molecule has 0 rings (SSSR count). The van der Waals surface area contributed by atoms with Crippen molar-refractivity contribution in [2.45, 2.75) is 465 Å². The largest absolute Gasteiger partial charge is 0.472 e. The van der Waals surface area contributed by atoms with Gasteiger partial charge in [-0.2, -0.15) is 0 Å². The van der Waals surface area contributed by atoms with E-state index in [9.17, 15) is 43.2 Å². The van der Waals surface area contributed by atoms with Crippen molar-refractivity contribution in [3.63, 3.8) is 0 Å². The number of carbonyl (C=O) groups is 4. The molecule has 0 saturated carbocycles. The number of aliphatic hydroxyl groups is 1. The Bertz CT molecular complexity index is 2010. The molecule has 0 aromatic carbocycles. The van der Waals surface area contributed by atoms with Crippen LogP contribution in [0.1, 0.15) is 447 Å². The van der Waals surface area contributed by atoms with Crippen LogP contribution in [0.4, 0.5) is 0 Å². The predicted octanol–water partition coefficient (Wildman–Crippen LogP) is 25.7. The minimum atomic E-state index is -4.97. The number of phosphoric ester groups is 2. The average molecular weight is 1520 g/mol. The number of rotatable bonds is 83. The van der Waals surface area contributed by atoms with Gasteiger partial charge in [-0.15, -0.1) is 0 Å². The van der Waals surface area contributed by atoms with E-state index < -0.39 is 97.5 Å². The van der Waals surface area contributed by atoms with Gasteiger partial charge >= 0.3 is 39.5 Å². The summed E-state index contributed by atoms with van der Waals surface area (Å²) in [6, 6.07) is 0. The minimum absolute atomic E-state index is 0.107. The van der Waals surface area contributed by atoms with Crippen molar-refractivity contribution in [3.8, 4) is 0 Å². The lowest BCUT2D eigenvalue weighted by Gasteiger charge is -2.21. The van der Waals surface area contributed by atoms with Crippen molar-refractivity contribution in [1.29, 1.82) is 0 Å². The van der Waals surface area contributed by atoms with Gasteiger partial charge in [0.05, 0.1) is 26.4 Å². The number of unbranched alkanes of at least 4 members (excludes halogenated alkanes) is 50. The van der Waals surface area contributed by atoms with Crippen LogP contribution < -0.4 is 0 Å². The highest BCUT2D eigenvalue weighted by atomic mass is 31.2. The third-order valence-electron chi connectivity index (χ3n) is 20.2. The Labute approximate surface area is 638 Å². The van der Waals surface area contributed by atoms with Gasteiger partial charge in [0.1, 0.15) is 19.3 Å². The zero-order chi connectivity index (χ0) is 76.5.